The van der Waals surface area contributed by atoms with E-state index in [1.807, 2.05) is 101 Å². The van der Waals surface area contributed by atoms with Gasteiger partial charge in [-0.25, -0.2) is 24.9 Å². The van der Waals surface area contributed by atoms with Crippen molar-refractivity contribution in [1.29, 1.82) is 0 Å². The number of H-pyrrole nitrogens is 5. The van der Waals surface area contributed by atoms with Crippen molar-refractivity contribution in [3.63, 3.8) is 0 Å². The largest absolute Gasteiger partial charge is 0.390 e. The number of aromatic nitrogens is 16. The van der Waals surface area contributed by atoms with Crippen LogP contribution in [0.1, 0.15) is 116 Å². The van der Waals surface area contributed by atoms with Crippen molar-refractivity contribution in [3.8, 4) is 57.6 Å². The molecule has 2 aromatic carbocycles. The molecule has 0 bridgehead atoms. The van der Waals surface area contributed by atoms with E-state index in [2.05, 4.69) is 120 Å². The lowest BCUT2D eigenvalue weighted by Crippen LogP contribution is -2.49. The van der Waals surface area contributed by atoms with E-state index < -0.39 is 5.60 Å². The van der Waals surface area contributed by atoms with Gasteiger partial charge in [0.25, 0.3) is 57.3 Å². The highest BCUT2D eigenvalue weighted by Crippen LogP contribution is 2.36. The average Bonchev–Trinajstić information content (AvgIpc) is 1.64. The molecule has 18 aromatic rings. The first-order valence-electron chi connectivity index (χ1n) is 46.1. The first kappa shape index (κ1) is 95.3. The van der Waals surface area contributed by atoms with Crippen molar-refractivity contribution < 1.29 is 29.1 Å². The lowest BCUT2D eigenvalue weighted by atomic mass is 9.90. The van der Waals surface area contributed by atoms with Crippen molar-refractivity contribution in [1.82, 2.24) is 104 Å². The molecule has 35 nitrogen and oxygen atoms in total. The fourth-order valence-electron chi connectivity index (χ4n) is 17.4. The average molecular weight is 1990 g/mol. The molecule has 0 unspecified atom stereocenters. The molecule has 40 heteroatoms. The number of hydrogen-bond donors (Lipinski definition) is 7. The summed E-state index contributed by atoms with van der Waals surface area (Å²) in [6.07, 6.45) is 16.3. The lowest BCUT2D eigenvalue weighted by Gasteiger charge is -2.36. The standard InChI is InChI=1S/3C22H19N5O2S.C18H19N5O2S.C18H18N4O3S/c28-21-19-18(25-20(26-21)17-5-1-2-9-24-17)16(13-30-19)22(29)27-10-6-14(7-11-27)15-4-3-8-23-12-15;2*28-21-19-18(24-20(25-21)17-8-4-5-9-23-17)16(14-30-19)22(29)27-12-10-26(11-13-27)15-6-2-1-3-7-15;1-18(19)5-8-23(9-6-18)17(25)11-10-26-14-13(11)21-15(22-16(14)24)12-4-2-3-7-20-12;1-18(25)5-8-22(9-6-18)17(24)11-10-26-14-13(11)20-15(21-16(14)23)12-4-2-3-7-19-12/h1-5,8-9,12-14H,6-7,10-11H2,(H,25,26,28);2*1-9,14H,10-13H2,(H,24,25,28);2-4,7,10H,5-6,8-9,19H2,1H3,(H,21,22,24);2-4,7,10,25H,5-6,8-9H2,1H3,(H,20,21,23). The van der Waals surface area contributed by atoms with Gasteiger partial charge in [0.2, 0.25) is 0 Å². The molecular weight excluding hydrogens is 1900 g/mol. The van der Waals surface area contributed by atoms with Gasteiger partial charge in [-0.3, -0.25) is 77.8 Å². The van der Waals surface area contributed by atoms with E-state index in [1.165, 1.54) is 73.6 Å². The summed E-state index contributed by atoms with van der Waals surface area (Å²) in [5.41, 5.74) is 14.8. The number of para-hydroxylation sites is 2. The summed E-state index contributed by atoms with van der Waals surface area (Å²) in [6.45, 7) is 12.9. The number of thiophene rings is 5. The molecule has 0 saturated carbocycles. The monoisotopic (exact) mass is 1990 g/mol. The molecule has 0 spiro atoms. The van der Waals surface area contributed by atoms with Gasteiger partial charge in [-0.1, -0.05) is 72.8 Å². The van der Waals surface area contributed by atoms with E-state index in [9.17, 15) is 53.1 Å². The number of amides is 5. The first-order chi connectivity index (χ1) is 69.0. The van der Waals surface area contributed by atoms with Crippen LogP contribution in [0.4, 0.5) is 11.4 Å². The number of carbonyl (C=O) groups is 5. The highest BCUT2D eigenvalue weighted by molar-refractivity contribution is 7.18. The van der Waals surface area contributed by atoms with Gasteiger partial charge in [0.05, 0.1) is 33.4 Å². The predicted octanol–water partition coefficient (Wildman–Crippen LogP) is 13.5. The first-order valence-corrected chi connectivity index (χ1v) is 50.5. The maximum Gasteiger partial charge on any atom is 0.269 e. The summed E-state index contributed by atoms with van der Waals surface area (Å²) >= 11 is 6.20. The number of fused-ring (bicyclic) bond motifs is 5. The summed E-state index contributed by atoms with van der Waals surface area (Å²) in [7, 11) is 0. The Morgan fingerprint density at radius 1 is 0.324 bits per heavy atom. The van der Waals surface area contributed by atoms with Crippen LogP contribution in [0.3, 0.4) is 0 Å². The number of anilines is 2. The molecular formula is C102H94N24O11S5. The zero-order chi connectivity index (χ0) is 98.1. The van der Waals surface area contributed by atoms with E-state index in [0.29, 0.717) is 221 Å². The number of aromatic amines is 5. The third kappa shape index (κ3) is 21.1. The molecule has 21 heterocycles. The zero-order valence-electron chi connectivity index (χ0n) is 76.9. The van der Waals surface area contributed by atoms with Crippen molar-refractivity contribution in [2.75, 3.05) is 101 Å². The summed E-state index contributed by atoms with van der Waals surface area (Å²) < 4.78 is 2.26. The summed E-state index contributed by atoms with van der Waals surface area (Å²) in [5.74, 6) is 1.74. The molecule has 5 saturated heterocycles. The Balaban J connectivity index is 0.000000113. The number of rotatable bonds is 13. The number of pyridine rings is 6. The number of nitrogens with two attached hydrogens (primary N) is 1. The van der Waals surface area contributed by atoms with Gasteiger partial charge >= 0.3 is 0 Å². The van der Waals surface area contributed by atoms with Crippen LogP contribution in [0.5, 0.6) is 0 Å². The van der Waals surface area contributed by atoms with Gasteiger partial charge in [0.15, 0.2) is 29.1 Å². The van der Waals surface area contributed by atoms with Crippen LogP contribution in [0.2, 0.25) is 0 Å². The second kappa shape index (κ2) is 42.2. The van der Waals surface area contributed by atoms with Crippen LogP contribution in [0.25, 0.3) is 109 Å². The third-order valence-electron chi connectivity index (χ3n) is 25.5. The highest BCUT2D eigenvalue weighted by atomic mass is 32.1. The number of aliphatic hydroxyl groups is 1. The number of likely N-dealkylation sites (tertiary alicyclic amines) is 3. The second-order valence-electron chi connectivity index (χ2n) is 35.1. The highest BCUT2D eigenvalue weighted by Gasteiger charge is 2.36. The molecule has 5 amide bonds. The smallest absolute Gasteiger partial charge is 0.269 e. The Bertz CT molecular complexity index is 7290. The molecule has 16 aromatic heterocycles. The van der Waals surface area contributed by atoms with Crippen LogP contribution in [-0.4, -0.2) is 242 Å². The minimum Gasteiger partial charge on any atom is -0.390 e. The Morgan fingerprint density at radius 2 is 0.585 bits per heavy atom. The molecule has 8 N–H and O–H groups in total. The van der Waals surface area contributed by atoms with Crippen LogP contribution < -0.4 is 43.3 Å². The number of piperidine rings is 3. The van der Waals surface area contributed by atoms with Gasteiger partial charge in [-0.15, -0.1) is 56.7 Å². The summed E-state index contributed by atoms with van der Waals surface area (Å²) in [5, 5.41) is 18.7. The zero-order valence-corrected chi connectivity index (χ0v) is 81.0. The number of benzene rings is 2. The summed E-state index contributed by atoms with van der Waals surface area (Å²) in [6, 6.07) is 51.4. The molecule has 142 heavy (non-hydrogen) atoms. The number of nitrogens with zero attached hydrogens (tertiary/aromatic N) is 18. The van der Waals surface area contributed by atoms with Crippen molar-refractivity contribution in [2.24, 2.45) is 5.73 Å². The van der Waals surface area contributed by atoms with E-state index in [4.69, 9.17) is 5.73 Å². The normalized spacial score (nSPS) is 15.3. The Kier molecular flexibility index (Phi) is 28.3. The van der Waals surface area contributed by atoms with E-state index in [1.54, 1.807) is 141 Å². The number of nitrogens with one attached hydrogen (secondary N) is 5. The van der Waals surface area contributed by atoms with Gasteiger partial charge in [0.1, 0.15) is 79.6 Å². The van der Waals surface area contributed by atoms with Gasteiger partial charge in [-0.2, -0.15) is 0 Å². The second-order valence-corrected chi connectivity index (χ2v) is 39.5. The van der Waals surface area contributed by atoms with Gasteiger partial charge < -0.3 is 70.1 Å². The van der Waals surface area contributed by atoms with Crippen LogP contribution >= 0.6 is 56.7 Å². The molecule has 0 atom stereocenters. The van der Waals surface area contributed by atoms with Crippen LogP contribution in [0.15, 0.2) is 258 Å². The minimum absolute atomic E-state index is 0.0732. The van der Waals surface area contributed by atoms with E-state index in [0.717, 1.165) is 51.9 Å². The maximum atomic E-state index is 13.2. The lowest BCUT2D eigenvalue weighted by molar-refractivity contribution is -0.00201. The van der Waals surface area contributed by atoms with Crippen LogP contribution in [0, 0.1) is 0 Å². The molecule has 0 aliphatic carbocycles. The van der Waals surface area contributed by atoms with Crippen molar-refractivity contribution in [2.45, 2.75) is 69.4 Å². The number of hydrogen-bond acceptors (Lipinski definition) is 30. The fourth-order valence-corrected chi connectivity index (χ4v) is 21.8. The fraction of sp³-hybridized carbons (Fsp3) is 0.245. The van der Waals surface area contributed by atoms with E-state index in [-0.39, 0.29) is 62.9 Å². The quantitative estimate of drug-likeness (QED) is 0.0563. The predicted molar refractivity (Wildman–Crippen MR) is 552 cm³/mol. The SMILES string of the molecule is CC1(N)CCN(C(=O)c2csc3c(=O)[nH]c(-c4ccccn4)nc23)CC1.CC1(O)CCN(C(=O)c2csc3c(=O)[nH]c(-c4ccccn4)nc23)CC1.O=C(c1csc2c(=O)[nH]c(-c3ccccn3)nc12)N1CCC(c2cccnc2)CC1.O=C(c1csc2c(=O)[nH]c(-c3ccccn3)nc12)N1CCN(c2ccccc2)CC1.O=C(c1csc2c(=O)[nH]c(-c3ccccn3)nc12)N1CCN(c2ccccc2)CC1. The molecule has 23 rings (SSSR count). The minimum atomic E-state index is -0.727. The Labute approximate surface area is 829 Å². The van der Waals surface area contributed by atoms with Gasteiger partial charge in [0, 0.05) is 179 Å². The Hall–Kier alpha value is -15.6. The maximum absolute atomic E-state index is 13.2. The van der Waals surface area contributed by atoms with Crippen molar-refractivity contribution >= 4 is 149 Å². The molecule has 0 radical (unpaired) electrons. The van der Waals surface area contributed by atoms with Crippen molar-refractivity contribution in [3.05, 3.63) is 319 Å². The number of carbonyl (C=O) groups excluding carboxylic acids is 5. The number of piperazine rings is 2. The Morgan fingerprint density at radius 3 is 0.845 bits per heavy atom. The molecule has 5 fully saturated rings. The molecule has 5 aliphatic heterocycles. The van der Waals surface area contributed by atoms with Gasteiger partial charge in [-0.05, 0) is 155 Å². The third-order valence-corrected chi connectivity index (χ3v) is 30.3. The van der Waals surface area contributed by atoms with E-state index >= 15 is 0 Å². The summed E-state index contributed by atoms with van der Waals surface area (Å²) in [4.78, 5) is 204. The molecule has 718 valence electrons. The van der Waals surface area contributed by atoms with Crippen LogP contribution in [-0.2, 0) is 0 Å². The molecule has 5 aliphatic rings. The topological polar surface area (TPSA) is 460 Å².